The van der Waals surface area contributed by atoms with Gasteiger partial charge >= 0.3 is 11.4 Å². The zero-order valence-electron chi connectivity index (χ0n) is 74.6. The van der Waals surface area contributed by atoms with Gasteiger partial charge in [-0.2, -0.15) is 0 Å². The molecule has 0 saturated heterocycles. The number of carbonyl (C=O) groups is 5. The molecule has 10 aliphatic rings. The van der Waals surface area contributed by atoms with Crippen LogP contribution >= 0.6 is 0 Å². The molecule has 22 nitrogen and oxygen atoms in total. The Labute approximate surface area is 656 Å². The normalized spacial score (nSPS) is 19.8. The van der Waals surface area contributed by atoms with Crippen molar-refractivity contribution in [3.8, 4) is 0 Å². The quantitative estimate of drug-likeness (QED) is 0.225. The maximum Gasteiger partial charge on any atom is 0.326 e. The molecule has 0 unspecified atom stereocenters. The Hall–Kier alpha value is -7.33. The Bertz CT molecular complexity index is 4120. The number of Topliss-reactive ketones (excluding diaryl/α,β-unsaturated/α-hetero) is 1. The highest BCUT2D eigenvalue weighted by Gasteiger charge is 2.46. The van der Waals surface area contributed by atoms with Gasteiger partial charge in [-0.3, -0.25) is 38.0 Å². The minimum Gasteiger partial charge on any atom is -0.368 e. The van der Waals surface area contributed by atoms with E-state index in [2.05, 4.69) is 242 Å². The summed E-state index contributed by atoms with van der Waals surface area (Å²) in [5.41, 5.74) is 16.1. The molecule has 2 aromatic rings. The van der Waals surface area contributed by atoms with Crippen LogP contribution in [0.1, 0.15) is 298 Å². The summed E-state index contributed by atoms with van der Waals surface area (Å²) in [6.45, 7) is 83.7. The fourth-order valence-electron chi connectivity index (χ4n) is 15.7. The third-order valence-corrected chi connectivity index (χ3v) is 21.5. The number of aromatic nitrogens is 4. The van der Waals surface area contributed by atoms with Gasteiger partial charge in [0.2, 0.25) is 23.6 Å². The lowest BCUT2D eigenvalue weighted by Crippen LogP contribution is -2.52. The average Bonchev–Trinajstić information content (AvgIpc) is 1.65. The van der Waals surface area contributed by atoms with E-state index >= 15 is 0 Å². The van der Waals surface area contributed by atoms with Gasteiger partial charge in [0.15, 0.2) is 5.78 Å². The molecule has 0 fully saturated rings. The summed E-state index contributed by atoms with van der Waals surface area (Å²) in [5.74, 6) is 0.893. The predicted molar refractivity (Wildman–Crippen MR) is 443 cm³/mol. The summed E-state index contributed by atoms with van der Waals surface area (Å²) in [7, 11) is 0. The van der Waals surface area contributed by atoms with E-state index in [-0.39, 0.29) is 108 Å². The number of aromatic amines is 2. The number of H-pyrrole nitrogens is 2. The summed E-state index contributed by atoms with van der Waals surface area (Å²) in [5, 5.41) is 2.32. The van der Waals surface area contributed by atoms with Crippen molar-refractivity contribution >= 4 is 35.5 Å². The molecule has 0 radical (unpaired) electrons. The van der Waals surface area contributed by atoms with Gasteiger partial charge in [-0.05, 0) is 291 Å². The zero-order chi connectivity index (χ0) is 83.2. The molecule has 3 N–H and O–H groups in total. The van der Waals surface area contributed by atoms with Crippen molar-refractivity contribution in [3.63, 3.8) is 0 Å². The second-order valence-corrected chi connectivity index (χ2v) is 43.1. The molecule has 12 rings (SSSR count). The van der Waals surface area contributed by atoms with Gasteiger partial charge in [-0.15, -0.1) is 0 Å². The number of ketones is 1. The third kappa shape index (κ3) is 20.7. The van der Waals surface area contributed by atoms with Crippen molar-refractivity contribution in [2.75, 3.05) is 45.8 Å². The average molecular weight is 1510 g/mol. The number of carbonyl (C=O) groups excluding carboxylic acids is 5. The minimum absolute atomic E-state index is 0.0205. The maximum atomic E-state index is 12.3. The molecule has 109 heavy (non-hydrogen) atoms. The molecular weight excluding hydrogens is 1370 g/mol. The highest BCUT2D eigenvalue weighted by Crippen LogP contribution is 2.41. The fraction of sp³-hybridized carbons (Fsp3) is 0.713. The highest BCUT2D eigenvalue weighted by molar-refractivity contribution is 5.99. The largest absolute Gasteiger partial charge is 0.368 e. The predicted octanol–water partition coefficient (Wildman–Crippen LogP) is 14.2. The molecule has 4 amide bonds. The van der Waals surface area contributed by atoms with Crippen LogP contribution in [0.25, 0.3) is 6.08 Å². The summed E-state index contributed by atoms with van der Waals surface area (Å²) in [6.07, 6.45) is 15.3. The Morgan fingerprint density at radius 3 is 1.24 bits per heavy atom. The SMILES string of the molecule is CC(C)(C)N1C=CC2=C(C1)N(C(C)(C)C)C(=O)C2.CC(C)(C)N1C=CC2=C(C1)N(C(C)(C)C)NC2.CC(C)(C)N1C=Cc2[nH]c(=O)n(C(C)(C)C)c2C1.CC(C)(C)N1CC(=O)C2=C(C1)N(C(C)(C)C)CC2.CC(C)(C)N1CC2=C(CC1=O)CC(=O)N2C(C)(C)C.CC(C)(C)N1Cc2c([nH]c(=O)n2C(C)(C)C)CC1=O. The lowest BCUT2D eigenvalue weighted by molar-refractivity contribution is -0.137. The van der Waals surface area contributed by atoms with Crippen LogP contribution in [-0.4, -0.2) is 199 Å². The molecular formula is C87H145N15O7. The molecule has 12 heterocycles. The van der Waals surface area contributed by atoms with Crippen LogP contribution in [0.15, 0.2) is 85.4 Å². The van der Waals surface area contributed by atoms with E-state index in [0.29, 0.717) is 44.7 Å². The molecule has 10 aliphatic heterocycles. The van der Waals surface area contributed by atoms with E-state index in [1.165, 1.54) is 28.2 Å². The van der Waals surface area contributed by atoms with E-state index in [1.807, 2.05) is 113 Å². The van der Waals surface area contributed by atoms with Gasteiger partial charge in [0, 0.05) is 127 Å². The topological polar surface area (TPSA) is 205 Å². The van der Waals surface area contributed by atoms with Gasteiger partial charge in [0.05, 0.1) is 93.4 Å². The first kappa shape index (κ1) is 88.9. The Balaban J connectivity index is 0.000000182. The number of nitrogens with one attached hydrogen (secondary N) is 3. The lowest BCUT2D eigenvalue weighted by Gasteiger charge is -2.43. The Kier molecular flexibility index (Phi) is 25.0. The Morgan fingerprint density at radius 2 is 0.761 bits per heavy atom. The van der Waals surface area contributed by atoms with Gasteiger partial charge in [-0.25, -0.2) is 15.0 Å². The number of hydrogen-bond acceptors (Lipinski definition) is 14. The van der Waals surface area contributed by atoms with Crippen LogP contribution in [0.3, 0.4) is 0 Å². The van der Waals surface area contributed by atoms with E-state index in [4.69, 9.17) is 0 Å². The number of allylic oxidation sites excluding steroid dienone is 1. The van der Waals surface area contributed by atoms with Crippen LogP contribution in [-0.2, 0) is 54.6 Å². The molecule has 0 saturated carbocycles. The number of imidazole rings is 2. The number of fused-ring (bicyclic) bond motifs is 2. The minimum atomic E-state index is -0.287. The monoisotopic (exact) mass is 1510 g/mol. The molecule has 0 atom stereocenters. The summed E-state index contributed by atoms with van der Waals surface area (Å²) in [6, 6.07) is 0. The van der Waals surface area contributed by atoms with E-state index in [9.17, 15) is 33.6 Å². The first-order valence-electron chi connectivity index (χ1n) is 39.8. The number of amides is 4. The third-order valence-electron chi connectivity index (χ3n) is 21.5. The van der Waals surface area contributed by atoms with Crippen molar-refractivity contribution in [3.05, 3.63) is 120 Å². The van der Waals surface area contributed by atoms with Crippen molar-refractivity contribution in [2.24, 2.45) is 0 Å². The van der Waals surface area contributed by atoms with Crippen LogP contribution in [0, 0.1) is 0 Å². The number of nitrogens with zero attached hydrogens (tertiary/aromatic N) is 12. The highest BCUT2D eigenvalue weighted by atomic mass is 16.2. The molecule has 0 aromatic carbocycles. The zero-order valence-corrected chi connectivity index (χ0v) is 74.6. The lowest BCUT2D eigenvalue weighted by atomic mass is 9.97. The van der Waals surface area contributed by atoms with E-state index in [0.717, 1.165) is 85.3 Å². The molecule has 22 heteroatoms. The van der Waals surface area contributed by atoms with Gasteiger partial charge in [0.1, 0.15) is 0 Å². The van der Waals surface area contributed by atoms with Crippen molar-refractivity contribution in [2.45, 2.75) is 361 Å². The molecule has 610 valence electrons. The fourth-order valence-corrected chi connectivity index (χ4v) is 15.7. The maximum absolute atomic E-state index is 12.3. The van der Waals surface area contributed by atoms with Gasteiger partial charge in [0.25, 0.3) is 0 Å². The standard InChI is InChI=1S/C15H24N2O2.C15H26N2O.C15H24N2O.C14H23N3O2.C14H23N3O.C14H25N3/c1-14(2,3)16-9-11-10(7-12(16)18)8-13(19)17(11)15(4,5)6;1-14(2,3)16-9-12-11(13(18)10-16)7-8-17(12)15(4,5)6;1-14(2,3)16-8-7-11-9-13(18)17(12(11)10-16)15(4,5)6;1-13(2,3)16-8-10-9(7-11(16)18)15-12(19)17(10)14(4,5)6;1-13(2,3)16-8-7-10-11(9-16)17(12(18)15-10)14(4,5)6;1-13(2,3)16-8-7-11-9-15-17(12(11)10-16)14(4,5)6/h7-9H2,1-6H3;7-10H2,1-6H3;7-8H,9-10H2,1-6H3;7-8H2,1-6H3,(H,15,19);7-8H,9H2,1-6H3,(H,15,18);7-8,15H,9-10H2,1-6H3. The van der Waals surface area contributed by atoms with Gasteiger partial charge < -0.3 is 54.2 Å². The van der Waals surface area contributed by atoms with Crippen LogP contribution < -0.4 is 16.8 Å². The molecule has 0 bridgehead atoms. The van der Waals surface area contributed by atoms with Crippen molar-refractivity contribution in [1.82, 2.24) is 73.6 Å². The molecule has 0 aliphatic carbocycles. The van der Waals surface area contributed by atoms with E-state index < -0.39 is 0 Å². The number of rotatable bonds is 0. The second kappa shape index (κ2) is 30.6. The summed E-state index contributed by atoms with van der Waals surface area (Å²) >= 11 is 0. The van der Waals surface area contributed by atoms with Crippen LogP contribution in [0.2, 0.25) is 0 Å². The first-order valence-corrected chi connectivity index (χ1v) is 39.8. The molecule has 2 aromatic heterocycles. The number of hydrogen-bond donors (Lipinski definition) is 3. The smallest absolute Gasteiger partial charge is 0.326 e. The molecule has 0 spiro atoms. The second-order valence-electron chi connectivity index (χ2n) is 43.1. The van der Waals surface area contributed by atoms with Crippen LogP contribution in [0.4, 0.5) is 0 Å². The number of hydrazine groups is 1. The Morgan fingerprint density at radius 1 is 0.330 bits per heavy atom. The van der Waals surface area contributed by atoms with Crippen molar-refractivity contribution in [1.29, 1.82) is 0 Å². The first-order chi connectivity index (χ1) is 49.0. The van der Waals surface area contributed by atoms with Gasteiger partial charge in [-0.1, -0.05) is 0 Å². The summed E-state index contributed by atoms with van der Waals surface area (Å²) < 4.78 is 3.64. The summed E-state index contributed by atoms with van der Waals surface area (Å²) in [4.78, 5) is 110. The van der Waals surface area contributed by atoms with Crippen LogP contribution in [0.5, 0.6) is 0 Å². The van der Waals surface area contributed by atoms with E-state index in [1.54, 1.807) is 4.57 Å². The van der Waals surface area contributed by atoms with Crippen molar-refractivity contribution < 1.29 is 24.0 Å².